The van der Waals surface area contributed by atoms with Crippen LogP contribution in [0.4, 0.5) is 5.69 Å². The number of ether oxygens (including phenoxy) is 2. The number of nitrogens with one attached hydrogen (secondary N) is 1. The van der Waals surface area contributed by atoms with Gasteiger partial charge in [-0.05, 0) is 44.4 Å². The number of benzene rings is 1. The SMILES string of the molecule is COC(=O)COc1ccc(NC(=O)Cc2c(C)nc3nc(SC)nn3c2C)cc1. The second kappa shape index (κ2) is 8.91. The highest BCUT2D eigenvalue weighted by Gasteiger charge is 2.16. The molecular weight excluding hydrogens is 394 g/mol. The van der Waals surface area contributed by atoms with E-state index in [1.807, 2.05) is 20.1 Å². The number of aromatic nitrogens is 4. The average Bonchev–Trinajstić information content (AvgIpc) is 3.13. The molecule has 0 saturated carbocycles. The van der Waals surface area contributed by atoms with Crippen molar-refractivity contribution >= 4 is 35.1 Å². The predicted octanol–water partition coefficient (Wildman–Crippen LogP) is 2.20. The third kappa shape index (κ3) is 4.83. The monoisotopic (exact) mass is 415 g/mol. The molecule has 10 heteroatoms. The summed E-state index contributed by atoms with van der Waals surface area (Å²) in [7, 11) is 1.30. The standard InChI is InChI=1S/C19H21N5O4S/c1-11-15(12(2)24-18(20-11)22-19(23-24)29-4)9-16(25)21-13-5-7-14(8-6-13)28-10-17(26)27-3/h5-8H,9-10H2,1-4H3,(H,21,25). The second-order valence-corrected chi connectivity index (χ2v) is 6.96. The average molecular weight is 415 g/mol. The van der Waals surface area contributed by atoms with Crippen LogP contribution in [0, 0.1) is 13.8 Å². The van der Waals surface area contributed by atoms with E-state index in [9.17, 15) is 9.59 Å². The fraction of sp³-hybridized carbons (Fsp3) is 0.316. The van der Waals surface area contributed by atoms with Crippen LogP contribution in [0.2, 0.25) is 0 Å². The summed E-state index contributed by atoms with van der Waals surface area (Å²) in [6.07, 6.45) is 2.06. The molecular formula is C19H21N5O4S. The number of thioether (sulfide) groups is 1. The molecule has 0 spiro atoms. The van der Waals surface area contributed by atoms with Gasteiger partial charge in [0.05, 0.1) is 13.5 Å². The Kier molecular flexibility index (Phi) is 6.32. The second-order valence-electron chi connectivity index (χ2n) is 6.19. The van der Waals surface area contributed by atoms with Gasteiger partial charge in [-0.25, -0.2) is 14.3 Å². The summed E-state index contributed by atoms with van der Waals surface area (Å²) in [4.78, 5) is 32.5. The lowest BCUT2D eigenvalue weighted by molar-refractivity contribution is -0.142. The number of hydrogen-bond acceptors (Lipinski definition) is 8. The van der Waals surface area contributed by atoms with Crippen LogP contribution in [-0.2, 0) is 20.7 Å². The maximum absolute atomic E-state index is 12.5. The lowest BCUT2D eigenvalue weighted by atomic mass is 10.1. The number of aryl methyl sites for hydroxylation is 2. The summed E-state index contributed by atoms with van der Waals surface area (Å²) in [5.41, 5.74) is 3.01. The molecule has 0 bridgehead atoms. The number of carbonyl (C=O) groups excluding carboxylic acids is 2. The minimum absolute atomic E-state index is 0.162. The van der Waals surface area contributed by atoms with Crippen LogP contribution in [0.3, 0.4) is 0 Å². The first-order valence-corrected chi connectivity index (χ1v) is 10.00. The number of hydrogen-bond donors (Lipinski definition) is 1. The van der Waals surface area contributed by atoms with E-state index in [-0.39, 0.29) is 18.9 Å². The summed E-state index contributed by atoms with van der Waals surface area (Å²) in [6.45, 7) is 3.59. The van der Waals surface area contributed by atoms with Crippen molar-refractivity contribution in [1.29, 1.82) is 0 Å². The van der Waals surface area contributed by atoms with Crippen molar-refractivity contribution in [3.63, 3.8) is 0 Å². The lowest BCUT2D eigenvalue weighted by Gasteiger charge is -2.11. The number of methoxy groups -OCH3 is 1. The summed E-state index contributed by atoms with van der Waals surface area (Å²) in [5.74, 6) is 0.392. The van der Waals surface area contributed by atoms with Gasteiger partial charge in [0.15, 0.2) is 6.61 Å². The number of rotatable bonds is 7. The molecule has 0 unspecified atom stereocenters. The minimum Gasteiger partial charge on any atom is -0.482 e. The van der Waals surface area contributed by atoms with E-state index in [1.54, 1.807) is 28.8 Å². The Balaban J connectivity index is 1.68. The van der Waals surface area contributed by atoms with Gasteiger partial charge in [-0.1, -0.05) is 11.8 Å². The van der Waals surface area contributed by atoms with E-state index in [0.29, 0.717) is 22.4 Å². The predicted molar refractivity (Wildman–Crippen MR) is 108 cm³/mol. The van der Waals surface area contributed by atoms with Crippen LogP contribution in [0.5, 0.6) is 5.75 Å². The molecule has 0 aliphatic carbocycles. The van der Waals surface area contributed by atoms with Gasteiger partial charge in [0.2, 0.25) is 11.1 Å². The smallest absolute Gasteiger partial charge is 0.343 e. The van der Waals surface area contributed by atoms with Gasteiger partial charge in [-0.3, -0.25) is 4.79 Å². The van der Waals surface area contributed by atoms with Crippen molar-refractivity contribution in [1.82, 2.24) is 19.6 Å². The highest BCUT2D eigenvalue weighted by molar-refractivity contribution is 7.98. The Hall–Kier alpha value is -3.14. The topological polar surface area (TPSA) is 108 Å². The first-order chi connectivity index (χ1) is 13.9. The number of nitrogens with zero attached hydrogens (tertiary/aromatic N) is 4. The molecule has 0 radical (unpaired) electrons. The normalized spacial score (nSPS) is 10.8. The highest BCUT2D eigenvalue weighted by Crippen LogP contribution is 2.19. The van der Waals surface area contributed by atoms with Crippen LogP contribution in [-0.4, -0.2) is 51.4 Å². The van der Waals surface area contributed by atoms with Crippen molar-refractivity contribution in [3.05, 3.63) is 41.2 Å². The zero-order valence-corrected chi connectivity index (χ0v) is 17.4. The van der Waals surface area contributed by atoms with Crippen molar-refractivity contribution < 1.29 is 19.1 Å². The van der Waals surface area contributed by atoms with Crippen molar-refractivity contribution in [2.45, 2.75) is 25.4 Å². The van der Waals surface area contributed by atoms with Crippen LogP contribution in [0.25, 0.3) is 5.78 Å². The van der Waals surface area contributed by atoms with Gasteiger partial charge in [0.1, 0.15) is 5.75 Å². The molecule has 0 saturated heterocycles. The Bertz CT molecular complexity index is 1050. The van der Waals surface area contributed by atoms with Crippen molar-refractivity contribution in [3.8, 4) is 5.75 Å². The van der Waals surface area contributed by atoms with E-state index >= 15 is 0 Å². The Morgan fingerprint density at radius 1 is 1.17 bits per heavy atom. The molecule has 0 aliphatic heterocycles. The third-order valence-corrected chi connectivity index (χ3v) is 4.81. The summed E-state index contributed by atoms with van der Waals surface area (Å²) in [5, 5.41) is 7.88. The Morgan fingerprint density at radius 3 is 2.55 bits per heavy atom. The minimum atomic E-state index is -0.462. The van der Waals surface area contributed by atoms with E-state index in [2.05, 4.69) is 25.1 Å². The van der Waals surface area contributed by atoms with Gasteiger partial charge >= 0.3 is 5.97 Å². The van der Waals surface area contributed by atoms with Gasteiger partial charge in [-0.2, -0.15) is 4.98 Å². The summed E-state index contributed by atoms with van der Waals surface area (Å²) < 4.78 is 11.5. The first-order valence-electron chi connectivity index (χ1n) is 8.77. The van der Waals surface area contributed by atoms with E-state index < -0.39 is 5.97 Å². The van der Waals surface area contributed by atoms with Gasteiger partial charge < -0.3 is 14.8 Å². The molecule has 3 rings (SSSR count). The first kappa shape index (κ1) is 20.6. The van der Waals surface area contributed by atoms with Gasteiger partial charge in [-0.15, -0.1) is 5.10 Å². The quantitative estimate of drug-likeness (QED) is 0.462. The molecule has 1 N–H and O–H groups in total. The third-order valence-electron chi connectivity index (χ3n) is 4.27. The molecule has 1 aromatic carbocycles. The zero-order chi connectivity index (χ0) is 21.0. The Morgan fingerprint density at radius 2 is 1.90 bits per heavy atom. The molecule has 0 atom stereocenters. The highest BCUT2D eigenvalue weighted by atomic mass is 32.2. The number of carbonyl (C=O) groups is 2. The maximum atomic E-state index is 12.5. The van der Waals surface area contributed by atoms with E-state index in [0.717, 1.165) is 17.0 Å². The van der Waals surface area contributed by atoms with E-state index in [1.165, 1.54) is 18.9 Å². The Labute approximate surface area is 171 Å². The van der Waals surface area contributed by atoms with Gasteiger partial charge in [0.25, 0.3) is 5.78 Å². The molecule has 3 aromatic rings. The maximum Gasteiger partial charge on any atom is 0.343 e. The number of anilines is 1. The molecule has 2 aromatic heterocycles. The van der Waals surface area contributed by atoms with Crippen LogP contribution < -0.4 is 10.1 Å². The molecule has 2 heterocycles. The van der Waals surface area contributed by atoms with Crippen LogP contribution >= 0.6 is 11.8 Å². The molecule has 0 aliphatic rings. The lowest BCUT2D eigenvalue weighted by Crippen LogP contribution is -2.18. The number of amides is 1. The van der Waals surface area contributed by atoms with Crippen molar-refractivity contribution in [2.24, 2.45) is 0 Å². The summed E-state index contributed by atoms with van der Waals surface area (Å²) in [6, 6.07) is 6.74. The molecule has 0 fully saturated rings. The van der Waals surface area contributed by atoms with E-state index in [4.69, 9.17) is 4.74 Å². The molecule has 9 nitrogen and oxygen atoms in total. The largest absolute Gasteiger partial charge is 0.482 e. The van der Waals surface area contributed by atoms with Crippen molar-refractivity contribution in [2.75, 3.05) is 25.3 Å². The fourth-order valence-corrected chi connectivity index (χ4v) is 3.07. The summed E-state index contributed by atoms with van der Waals surface area (Å²) >= 11 is 1.44. The van der Waals surface area contributed by atoms with Crippen LogP contribution in [0.1, 0.15) is 17.0 Å². The zero-order valence-electron chi connectivity index (χ0n) is 16.6. The molecule has 152 valence electrons. The molecule has 29 heavy (non-hydrogen) atoms. The molecule has 1 amide bonds. The van der Waals surface area contributed by atoms with Gasteiger partial charge in [0, 0.05) is 22.6 Å². The van der Waals surface area contributed by atoms with Crippen LogP contribution in [0.15, 0.2) is 29.4 Å². The number of fused-ring (bicyclic) bond motifs is 1. The fourth-order valence-electron chi connectivity index (χ4n) is 2.73. The number of esters is 1.